The van der Waals surface area contributed by atoms with E-state index in [0.717, 1.165) is 42.8 Å². The number of hydrogen-bond acceptors (Lipinski definition) is 7. The van der Waals surface area contributed by atoms with Gasteiger partial charge in [0.05, 0.1) is 19.3 Å². The number of β-amino-alcohol motifs (C(OH)–C–C–N with tert-alkyl or cyclic N) is 1. The number of aliphatic hydroxyl groups excluding tert-OH is 1. The molecule has 0 spiro atoms. The number of thioether (sulfide) groups is 1. The van der Waals surface area contributed by atoms with Crippen molar-refractivity contribution >= 4 is 17.5 Å². The Bertz CT molecular complexity index is 641. The largest absolute Gasteiger partial charge is 0.391 e. The molecule has 3 rings (SSSR count). The monoisotopic (exact) mass is 323 g/mol. The van der Waals surface area contributed by atoms with Crippen molar-refractivity contribution in [1.29, 1.82) is 0 Å². The minimum Gasteiger partial charge on any atom is -0.391 e. The third-order valence-corrected chi connectivity index (χ3v) is 4.71. The van der Waals surface area contributed by atoms with E-state index in [1.807, 2.05) is 24.3 Å². The van der Waals surface area contributed by atoms with Crippen molar-refractivity contribution in [3.63, 3.8) is 0 Å². The first kappa shape index (κ1) is 15.7. The Labute approximate surface area is 133 Å². The summed E-state index contributed by atoms with van der Waals surface area (Å²) in [7, 11) is 0. The third kappa shape index (κ3) is 3.57. The molecule has 0 radical (unpaired) electrons. The van der Waals surface area contributed by atoms with Gasteiger partial charge in [-0.25, -0.2) is 4.98 Å². The van der Waals surface area contributed by atoms with Gasteiger partial charge in [-0.05, 0) is 19.9 Å². The molecule has 7 nitrogen and oxygen atoms in total. The number of nitrogens with zero attached hydrogens (tertiary/aromatic N) is 5. The van der Waals surface area contributed by atoms with Gasteiger partial charge in [-0.2, -0.15) is 0 Å². The molecule has 1 aliphatic heterocycles. The number of rotatable bonds is 5. The molecule has 0 saturated carbocycles. The Morgan fingerprint density at radius 3 is 2.86 bits per heavy atom. The maximum absolute atomic E-state index is 10.2. The highest BCUT2D eigenvalue weighted by Gasteiger charge is 2.17. The number of aryl methyl sites for hydroxylation is 2. The van der Waals surface area contributed by atoms with E-state index in [9.17, 15) is 5.11 Å². The highest BCUT2D eigenvalue weighted by atomic mass is 32.2. The van der Waals surface area contributed by atoms with E-state index in [-0.39, 0.29) is 0 Å². The van der Waals surface area contributed by atoms with Crippen LogP contribution in [0, 0.1) is 13.8 Å². The summed E-state index contributed by atoms with van der Waals surface area (Å²) >= 11 is 1.51. The first-order valence-corrected chi connectivity index (χ1v) is 8.42. The molecule has 0 amide bonds. The van der Waals surface area contributed by atoms with Crippen molar-refractivity contribution < 1.29 is 9.84 Å². The lowest BCUT2D eigenvalue weighted by atomic mass is 10.3. The van der Waals surface area contributed by atoms with Crippen LogP contribution in [0.1, 0.15) is 11.4 Å². The second-order valence-corrected chi connectivity index (χ2v) is 6.52. The van der Waals surface area contributed by atoms with Crippen LogP contribution < -0.4 is 0 Å². The Morgan fingerprint density at radius 2 is 2.09 bits per heavy atom. The maximum atomic E-state index is 10.2. The normalized spacial score (nSPS) is 18.0. The first-order chi connectivity index (χ1) is 10.6. The molecule has 1 saturated heterocycles. The van der Waals surface area contributed by atoms with Crippen molar-refractivity contribution in [3.8, 4) is 0 Å². The van der Waals surface area contributed by atoms with Crippen LogP contribution in [0.2, 0.25) is 0 Å². The lowest BCUT2D eigenvalue weighted by Crippen LogP contribution is -2.41. The minimum atomic E-state index is -0.394. The Morgan fingerprint density at radius 1 is 1.32 bits per heavy atom. The fraction of sp³-hybridized carbons (Fsp3) is 0.643. The predicted octanol–water partition coefficient (Wildman–Crippen LogP) is 0.526. The first-order valence-electron chi connectivity index (χ1n) is 7.44. The van der Waals surface area contributed by atoms with E-state index >= 15 is 0 Å². The quantitative estimate of drug-likeness (QED) is 0.804. The van der Waals surface area contributed by atoms with Crippen molar-refractivity contribution in [2.24, 2.45) is 0 Å². The second kappa shape index (κ2) is 6.91. The number of aliphatic hydroxyl groups is 1. The zero-order valence-corrected chi connectivity index (χ0v) is 13.7. The molecule has 1 fully saturated rings. The van der Waals surface area contributed by atoms with Crippen LogP contribution in [0.3, 0.4) is 0 Å². The number of fused-ring (bicyclic) bond motifs is 1. The molecular weight excluding hydrogens is 302 g/mol. The van der Waals surface area contributed by atoms with Gasteiger partial charge in [-0.1, -0.05) is 11.8 Å². The molecule has 1 N–H and O–H groups in total. The Hall–Kier alpha value is -1.22. The fourth-order valence-corrected chi connectivity index (χ4v) is 3.50. The zero-order valence-electron chi connectivity index (χ0n) is 12.9. The molecule has 2 aromatic rings. The smallest absolute Gasteiger partial charge is 0.256 e. The van der Waals surface area contributed by atoms with Gasteiger partial charge in [0, 0.05) is 36.8 Å². The Kier molecular flexibility index (Phi) is 4.92. The summed E-state index contributed by atoms with van der Waals surface area (Å²) in [5, 5.41) is 19.3. The summed E-state index contributed by atoms with van der Waals surface area (Å²) in [5.74, 6) is 1.20. The van der Waals surface area contributed by atoms with E-state index < -0.39 is 6.10 Å². The van der Waals surface area contributed by atoms with Gasteiger partial charge in [0.15, 0.2) is 5.16 Å². The van der Waals surface area contributed by atoms with Gasteiger partial charge in [0.2, 0.25) is 0 Å². The number of aromatic nitrogens is 4. The highest BCUT2D eigenvalue weighted by Crippen LogP contribution is 2.19. The molecule has 0 unspecified atom stereocenters. The van der Waals surface area contributed by atoms with Gasteiger partial charge in [0.25, 0.3) is 5.78 Å². The molecule has 0 bridgehead atoms. The van der Waals surface area contributed by atoms with E-state index in [4.69, 9.17) is 4.74 Å². The summed E-state index contributed by atoms with van der Waals surface area (Å²) in [6, 6.07) is 2.00. The average molecular weight is 323 g/mol. The molecular formula is C14H21N5O2S. The standard InChI is InChI=1S/C14H21N5O2S/c1-10-7-11(2)19-13(15-10)16-17-14(19)22-9-12(20)8-18-3-5-21-6-4-18/h7,12,20H,3-6,8-9H2,1-2H3/t12-/m0/s1. The predicted molar refractivity (Wildman–Crippen MR) is 84.2 cm³/mol. The Balaban J connectivity index is 1.61. The van der Waals surface area contributed by atoms with Crippen molar-refractivity contribution in [1.82, 2.24) is 24.5 Å². The maximum Gasteiger partial charge on any atom is 0.256 e. The van der Waals surface area contributed by atoms with E-state index in [2.05, 4.69) is 20.1 Å². The summed E-state index contributed by atoms with van der Waals surface area (Å²) in [4.78, 5) is 6.60. The van der Waals surface area contributed by atoms with E-state index in [0.29, 0.717) is 18.1 Å². The summed E-state index contributed by atoms with van der Waals surface area (Å²) in [6.45, 7) is 7.90. The molecule has 3 heterocycles. The van der Waals surface area contributed by atoms with Gasteiger partial charge in [0.1, 0.15) is 0 Å². The van der Waals surface area contributed by atoms with Gasteiger partial charge in [-0.15, -0.1) is 10.2 Å². The summed E-state index contributed by atoms with van der Waals surface area (Å²) < 4.78 is 7.24. The molecule has 1 aliphatic rings. The molecule has 120 valence electrons. The number of hydrogen-bond donors (Lipinski definition) is 1. The lowest BCUT2D eigenvalue weighted by Gasteiger charge is -2.28. The second-order valence-electron chi connectivity index (χ2n) is 5.53. The van der Waals surface area contributed by atoms with Crippen LogP contribution >= 0.6 is 11.8 Å². The van der Waals surface area contributed by atoms with Crippen molar-refractivity contribution in [2.45, 2.75) is 25.1 Å². The molecule has 0 aliphatic carbocycles. The topological polar surface area (TPSA) is 75.8 Å². The average Bonchev–Trinajstić information content (AvgIpc) is 2.89. The fourth-order valence-electron chi connectivity index (χ4n) is 2.60. The van der Waals surface area contributed by atoms with Crippen LogP contribution in [-0.2, 0) is 4.74 Å². The molecule has 1 atom stereocenters. The SMILES string of the molecule is Cc1cc(C)n2c(SC[C@@H](O)CN3CCOCC3)nnc2n1. The summed E-state index contributed by atoms with van der Waals surface area (Å²) in [5.41, 5.74) is 1.99. The zero-order chi connectivity index (χ0) is 15.5. The number of ether oxygens (including phenoxy) is 1. The van der Waals surface area contributed by atoms with Crippen LogP contribution in [-0.4, -0.2) is 74.3 Å². The van der Waals surface area contributed by atoms with Crippen LogP contribution in [0.15, 0.2) is 11.2 Å². The summed E-state index contributed by atoms with van der Waals surface area (Å²) in [6.07, 6.45) is -0.394. The number of morpholine rings is 1. The van der Waals surface area contributed by atoms with Crippen molar-refractivity contribution in [2.75, 3.05) is 38.6 Å². The van der Waals surface area contributed by atoms with E-state index in [1.165, 1.54) is 11.8 Å². The van der Waals surface area contributed by atoms with Crippen molar-refractivity contribution in [3.05, 3.63) is 17.5 Å². The molecule has 8 heteroatoms. The third-order valence-electron chi connectivity index (χ3n) is 3.64. The molecule has 2 aromatic heterocycles. The highest BCUT2D eigenvalue weighted by molar-refractivity contribution is 7.99. The van der Waals surface area contributed by atoms with Crippen LogP contribution in [0.25, 0.3) is 5.78 Å². The molecule has 0 aromatic carbocycles. The molecule has 22 heavy (non-hydrogen) atoms. The van der Waals surface area contributed by atoms with E-state index in [1.54, 1.807) is 0 Å². The van der Waals surface area contributed by atoms with Crippen LogP contribution in [0.5, 0.6) is 0 Å². The minimum absolute atomic E-state index is 0.394. The lowest BCUT2D eigenvalue weighted by molar-refractivity contribution is 0.0188. The van der Waals surface area contributed by atoms with Gasteiger partial charge in [-0.3, -0.25) is 9.30 Å². The van der Waals surface area contributed by atoms with Gasteiger partial charge < -0.3 is 9.84 Å². The van der Waals surface area contributed by atoms with Crippen LogP contribution in [0.4, 0.5) is 0 Å². The van der Waals surface area contributed by atoms with Gasteiger partial charge >= 0.3 is 0 Å².